The molecule has 0 unspecified atom stereocenters. The Morgan fingerprint density at radius 1 is 0.404 bits per heavy atom. The maximum atomic E-state index is 14.3. The average molecular weight is 1240 g/mol. The van der Waals surface area contributed by atoms with Crippen LogP contribution >= 0.6 is 0 Å². The monoisotopic (exact) mass is 1240 g/mol. The van der Waals surface area contributed by atoms with Gasteiger partial charge in [-0.15, -0.1) is 0 Å². The van der Waals surface area contributed by atoms with Crippen molar-refractivity contribution in [2.45, 2.75) is 75.5 Å². The molecule has 0 heterocycles. The Kier molecular flexibility index (Phi) is 28.0. The molecule has 33 heteroatoms. The second-order valence-corrected chi connectivity index (χ2v) is 19.4. The van der Waals surface area contributed by atoms with Gasteiger partial charge in [-0.3, -0.25) is 48.3 Å². The number of nitrogens with one attached hydrogen (secondary N) is 9. The van der Waals surface area contributed by atoms with Crippen LogP contribution in [0.4, 0.5) is 32.3 Å². The largest absolute Gasteiger partial charge is 0.496 e. The molecule has 0 saturated heterocycles. The van der Waals surface area contributed by atoms with Crippen LogP contribution < -0.4 is 113 Å². The summed E-state index contributed by atoms with van der Waals surface area (Å²) in [4.78, 5) is 141. The van der Waals surface area contributed by atoms with E-state index in [0.717, 1.165) is 0 Å². The number of guanidine groups is 2. The highest BCUT2D eigenvalue weighted by Crippen LogP contribution is 2.28. The standard InChI is InChI=1S/C56H77N19O14/c1-86-41-17-13-29(25-33(41)45(58)76)70-50(81)39(11-7-23-67-55(63)84)74-48(79)36-27-31(15-19-44(36)89-4)71-51(82)38(10-6-22-66-54(61)62)73-47(78)35-28-32(16-20-43(35)88-3)72-52(83)40(12-8-24-68-56(64)85)75-46(77)34-26-30(14-18-42(34)87-2)69-49(80)37(57)9-5-21-65-53(59)60/h13-20,25-28,37-40H,5-12,21-24,57H2,1-4H3,(H2,58,76)(H,69,80)(H,70,81)(H,71,82)(H,72,83)(H,73,78)(H,74,79)(H,75,77)(H4,59,60,65)(H4,61,62,66)(H3,63,67,84)(H3,64,68,85)/t37-,38-,39-,40-/m1/s1. The second-order valence-electron chi connectivity index (χ2n) is 19.4. The van der Waals surface area contributed by atoms with Gasteiger partial charge in [-0.25, -0.2) is 9.59 Å². The van der Waals surface area contributed by atoms with Gasteiger partial charge < -0.3 is 113 Å². The normalized spacial score (nSPS) is 11.9. The molecule has 4 aromatic rings. The van der Waals surface area contributed by atoms with E-state index in [0.29, 0.717) is 6.42 Å². The first-order valence-corrected chi connectivity index (χ1v) is 27.5. The van der Waals surface area contributed by atoms with Gasteiger partial charge >= 0.3 is 12.1 Å². The number of carbonyl (C=O) groups excluding carboxylic acids is 10. The fourth-order valence-electron chi connectivity index (χ4n) is 8.49. The number of amides is 12. The van der Waals surface area contributed by atoms with Crippen molar-refractivity contribution in [1.82, 2.24) is 26.6 Å². The number of hydrogen-bond donors (Lipinski definition) is 17. The number of hydrogen-bond acceptors (Lipinski definition) is 17. The zero-order chi connectivity index (χ0) is 65.7. The van der Waals surface area contributed by atoms with Crippen molar-refractivity contribution in [2.75, 3.05) is 75.9 Å². The van der Waals surface area contributed by atoms with Crippen LogP contribution in [0, 0.1) is 0 Å². The molecule has 12 amide bonds. The third-order valence-corrected chi connectivity index (χ3v) is 12.9. The minimum atomic E-state index is -1.34. The minimum Gasteiger partial charge on any atom is -0.496 e. The molecule has 0 fully saturated rings. The molecule has 0 aliphatic carbocycles. The van der Waals surface area contributed by atoms with Gasteiger partial charge in [0.2, 0.25) is 23.6 Å². The molecule has 25 N–H and O–H groups in total. The molecule has 0 radical (unpaired) electrons. The number of primary amides is 3. The van der Waals surface area contributed by atoms with Gasteiger partial charge in [-0.1, -0.05) is 0 Å². The summed E-state index contributed by atoms with van der Waals surface area (Å²) in [5, 5.41) is 23.6. The van der Waals surface area contributed by atoms with Gasteiger partial charge in [0.05, 0.1) is 56.7 Å². The van der Waals surface area contributed by atoms with Crippen LogP contribution in [0.15, 0.2) is 82.8 Å². The first-order chi connectivity index (χ1) is 42.4. The quantitative estimate of drug-likeness (QED) is 0.0154. The van der Waals surface area contributed by atoms with Crippen LogP contribution in [0.1, 0.15) is 92.8 Å². The zero-order valence-corrected chi connectivity index (χ0v) is 49.5. The number of ether oxygens (including phenoxy) is 4. The van der Waals surface area contributed by atoms with Crippen LogP contribution in [0.3, 0.4) is 0 Å². The van der Waals surface area contributed by atoms with Crippen molar-refractivity contribution in [2.24, 2.45) is 55.9 Å². The summed E-state index contributed by atoms with van der Waals surface area (Å²) in [6.07, 6.45) is 0.935. The zero-order valence-electron chi connectivity index (χ0n) is 49.5. The lowest BCUT2D eigenvalue weighted by atomic mass is 10.1. The number of benzene rings is 4. The highest BCUT2D eigenvalue weighted by Gasteiger charge is 2.29. The minimum absolute atomic E-state index is 0.00912. The smallest absolute Gasteiger partial charge is 0.312 e. The van der Waals surface area contributed by atoms with Crippen molar-refractivity contribution < 1.29 is 66.9 Å². The van der Waals surface area contributed by atoms with E-state index in [9.17, 15) is 47.9 Å². The van der Waals surface area contributed by atoms with Crippen LogP contribution in [0.2, 0.25) is 0 Å². The Morgan fingerprint density at radius 3 is 1.00 bits per heavy atom. The molecule has 4 rings (SSSR count). The Bertz CT molecular complexity index is 3260. The van der Waals surface area contributed by atoms with Gasteiger partial charge in [0, 0.05) is 48.9 Å². The molecule has 0 saturated carbocycles. The SMILES string of the molecule is COc1ccc(NC(=O)[C@@H](CCCNC(N)=O)NC(=O)c2cc(NC(=O)[C@@H](CCCN=C(N)N)NC(=O)c3cc(NC(=O)[C@@H](CCCNC(N)=O)NC(=O)c4cc(NC(=O)[C@H](N)CCCN=C(N)N)ccc4OC)ccc3OC)ccc2OC)cc1C(N)=O. The van der Waals surface area contributed by atoms with E-state index in [2.05, 4.69) is 57.8 Å². The summed E-state index contributed by atoms with van der Waals surface area (Å²) < 4.78 is 21.6. The van der Waals surface area contributed by atoms with E-state index in [4.69, 9.17) is 64.8 Å². The summed E-state index contributed by atoms with van der Waals surface area (Å²) in [5.41, 5.74) is 43.9. The lowest BCUT2D eigenvalue weighted by Crippen LogP contribution is -2.45. The fraction of sp³-hybridized carbons (Fsp3) is 0.357. The van der Waals surface area contributed by atoms with Crippen LogP contribution in [0.25, 0.3) is 0 Å². The molecule has 0 spiro atoms. The number of nitrogens with two attached hydrogens (primary N) is 8. The summed E-state index contributed by atoms with van der Waals surface area (Å²) in [5.74, 6) is -6.27. The number of urea groups is 2. The molecule has 0 aromatic heterocycles. The van der Waals surface area contributed by atoms with E-state index in [1.54, 1.807) is 0 Å². The topological polar surface area (TPSA) is 549 Å². The first kappa shape index (κ1) is 70.4. The van der Waals surface area contributed by atoms with Crippen molar-refractivity contribution in [1.29, 1.82) is 0 Å². The molecule has 4 atom stereocenters. The van der Waals surface area contributed by atoms with Gasteiger partial charge in [0.25, 0.3) is 23.6 Å². The van der Waals surface area contributed by atoms with Crippen LogP contribution in [0.5, 0.6) is 23.0 Å². The highest BCUT2D eigenvalue weighted by atomic mass is 16.5. The molecule has 4 aromatic carbocycles. The molecule has 89 heavy (non-hydrogen) atoms. The second kappa shape index (κ2) is 35.4. The lowest BCUT2D eigenvalue weighted by Gasteiger charge is -2.22. The Hall–Kier alpha value is -11.1. The maximum Gasteiger partial charge on any atom is 0.312 e. The number of nitrogens with zero attached hydrogens (tertiary/aromatic N) is 2. The van der Waals surface area contributed by atoms with Gasteiger partial charge in [0.15, 0.2) is 11.9 Å². The van der Waals surface area contributed by atoms with E-state index < -0.39 is 83.5 Å². The van der Waals surface area contributed by atoms with Crippen LogP contribution in [-0.2, 0) is 19.2 Å². The average Bonchev–Trinajstić information content (AvgIpc) is 2.33. The summed E-state index contributed by atoms with van der Waals surface area (Å²) in [6.45, 7) is 0.353. The molecular formula is C56H77N19O14. The van der Waals surface area contributed by atoms with Crippen molar-refractivity contribution in [3.8, 4) is 23.0 Å². The Morgan fingerprint density at radius 2 is 0.697 bits per heavy atom. The third-order valence-electron chi connectivity index (χ3n) is 12.9. The summed E-state index contributed by atoms with van der Waals surface area (Å²) in [6, 6.07) is 9.97. The van der Waals surface area contributed by atoms with E-state index in [1.165, 1.54) is 101 Å². The third kappa shape index (κ3) is 23.0. The van der Waals surface area contributed by atoms with Crippen molar-refractivity contribution in [3.63, 3.8) is 0 Å². The Labute approximate surface area is 511 Å². The highest BCUT2D eigenvalue weighted by molar-refractivity contribution is 6.08. The van der Waals surface area contributed by atoms with Gasteiger partial charge in [-0.2, -0.15) is 0 Å². The number of carbonyl (C=O) groups is 10. The van der Waals surface area contributed by atoms with Crippen molar-refractivity contribution in [3.05, 3.63) is 95.1 Å². The molecule has 0 aliphatic heterocycles. The van der Waals surface area contributed by atoms with Crippen molar-refractivity contribution >= 4 is 94.0 Å². The predicted octanol–water partition coefficient (Wildman–Crippen LogP) is -0.699. The van der Waals surface area contributed by atoms with Gasteiger partial charge in [-0.05, 0) is 124 Å². The maximum absolute atomic E-state index is 14.3. The number of rotatable bonds is 35. The van der Waals surface area contributed by atoms with Gasteiger partial charge in [0.1, 0.15) is 41.1 Å². The lowest BCUT2D eigenvalue weighted by molar-refractivity contribution is -0.118. The first-order valence-electron chi connectivity index (χ1n) is 27.5. The number of aliphatic imine (C=N–C) groups is 2. The fourth-order valence-corrected chi connectivity index (χ4v) is 8.49. The summed E-state index contributed by atoms with van der Waals surface area (Å²) >= 11 is 0. The number of anilines is 4. The van der Waals surface area contributed by atoms with E-state index >= 15 is 0 Å². The molecule has 0 aliphatic rings. The predicted molar refractivity (Wildman–Crippen MR) is 330 cm³/mol. The summed E-state index contributed by atoms with van der Waals surface area (Å²) in [7, 11) is 5.21. The Balaban J connectivity index is 1.60. The number of methoxy groups -OCH3 is 4. The van der Waals surface area contributed by atoms with E-state index in [1.807, 2.05) is 0 Å². The van der Waals surface area contributed by atoms with E-state index in [-0.39, 0.29) is 151 Å². The molecule has 0 bridgehead atoms. The van der Waals surface area contributed by atoms with Crippen LogP contribution in [-0.4, -0.2) is 150 Å². The molecular weight excluding hydrogens is 1160 g/mol. The molecule has 33 nitrogen and oxygen atoms in total. The molecule has 480 valence electrons.